The Kier molecular flexibility index (Phi) is 4.50. The number of anilines is 2. The van der Waals surface area contributed by atoms with E-state index in [4.69, 9.17) is 4.74 Å². The third-order valence-corrected chi connectivity index (χ3v) is 6.07. The van der Waals surface area contributed by atoms with Crippen LogP contribution in [0, 0.1) is 0 Å². The van der Waals surface area contributed by atoms with E-state index in [-0.39, 0.29) is 6.61 Å². The summed E-state index contributed by atoms with van der Waals surface area (Å²) >= 11 is 0. The molecule has 32 heavy (non-hydrogen) atoms. The molecule has 1 fully saturated rings. The van der Waals surface area contributed by atoms with Crippen molar-refractivity contribution in [2.75, 3.05) is 11.9 Å². The molecule has 0 unspecified atom stereocenters. The van der Waals surface area contributed by atoms with Gasteiger partial charge in [0, 0.05) is 17.5 Å². The number of fused-ring (bicyclic) bond motifs is 4. The largest absolute Gasteiger partial charge is 0.394 e. The second kappa shape index (κ2) is 7.52. The van der Waals surface area contributed by atoms with Gasteiger partial charge in [0.2, 0.25) is 0 Å². The highest BCUT2D eigenvalue weighted by atomic mass is 16.5. The molecule has 1 aliphatic heterocycles. The molecule has 0 radical (unpaired) electrons. The van der Waals surface area contributed by atoms with Gasteiger partial charge in [-0.1, -0.05) is 48.5 Å². The van der Waals surface area contributed by atoms with E-state index in [1.165, 1.54) is 11.7 Å². The molecule has 8 heteroatoms. The Balaban J connectivity index is 1.44. The number of hydrogen-bond donors (Lipinski definition) is 3. The van der Waals surface area contributed by atoms with Gasteiger partial charge in [0.05, 0.1) is 19.0 Å². The maximum Gasteiger partial charge on any atom is 0.167 e. The number of imidazole rings is 1. The third kappa shape index (κ3) is 3.00. The molecule has 3 aromatic carbocycles. The average molecular weight is 427 g/mol. The summed E-state index contributed by atoms with van der Waals surface area (Å²) in [5.74, 6) is 0.589. The van der Waals surface area contributed by atoms with Crippen molar-refractivity contribution in [2.45, 2.75) is 24.9 Å². The van der Waals surface area contributed by atoms with E-state index in [0.29, 0.717) is 23.4 Å². The Morgan fingerprint density at radius 1 is 1.00 bits per heavy atom. The summed E-state index contributed by atoms with van der Waals surface area (Å²) < 4.78 is 7.56. The van der Waals surface area contributed by atoms with Gasteiger partial charge in [0.25, 0.3) is 0 Å². The second-order valence-corrected chi connectivity index (χ2v) is 7.98. The molecule has 5 aromatic rings. The van der Waals surface area contributed by atoms with Crippen molar-refractivity contribution in [3.8, 4) is 0 Å². The first-order chi connectivity index (χ1) is 15.7. The SMILES string of the molecule is OC[C@H]1O[C@@H](n2cnc3c(Nc4cc5ccccc5c5ccccc45)ncnc32)C[C@@H]1O. The molecule has 1 aliphatic rings. The van der Waals surface area contributed by atoms with Crippen LogP contribution in [0.4, 0.5) is 11.5 Å². The first-order valence-electron chi connectivity index (χ1n) is 10.5. The van der Waals surface area contributed by atoms with Crippen molar-refractivity contribution in [1.29, 1.82) is 0 Å². The van der Waals surface area contributed by atoms with Gasteiger partial charge in [0.1, 0.15) is 18.7 Å². The number of hydrogen-bond acceptors (Lipinski definition) is 7. The summed E-state index contributed by atoms with van der Waals surface area (Å²) in [6.45, 7) is -0.235. The lowest BCUT2D eigenvalue weighted by Crippen LogP contribution is -2.24. The highest BCUT2D eigenvalue weighted by Gasteiger charge is 2.35. The smallest absolute Gasteiger partial charge is 0.167 e. The number of benzene rings is 3. The van der Waals surface area contributed by atoms with Crippen LogP contribution in [0.1, 0.15) is 12.6 Å². The van der Waals surface area contributed by atoms with Crippen LogP contribution < -0.4 is 5.32 Å². The molecule has 0 bridgehead atoms. The van der Waals surface area contributed by atoms with Crippen LogP contribution in [-0.2, 0) is 4.74 Å². The number of nitrogens with zero attached hydrogens (tertiary/aromatic N) is 4. The van der Waals surface area contributed by atoms with Gasteiger partial charge < -0.3 is 20.3 Å². The topological polar surface area (TPSA) is 105 Å². The number of ether oxygens (including phenoxy) is 1. The zero-order chi connectivity index (χ0) is 21.7. The first kappa shape index (κ1) is 19.1. The van der Waals surface area contributed by atoms with E-state index in [0.717, 1.165) is 21.8 Å². The molecule has 0 spiro atoms. The maximum absolute atomic E-state index is 10.1. The number of nitrogens with one attached hydrogen (secondary N) is 1. The molecule has 1 saturated heterocycles. The van der Waals surface area contributed by atoms with E-state index in [1.54, 1.807) is 10.9 Å². The van der Waals surface area contributed by atoms with Crippen molar-refractivity contribution in [3.05, 3.63) is 67.3 Å². The van der Waals surface area contributed by atoms with Crippen LogP contribution in [0.15, 0.2) is 67.3 Å². The number of aliphatic hydroxyl groups excluding tert-OH is 2. The third-order valence-electron chi connectivity index (χ3n) is 6.07. The van der Waals surface area contributed by atoms with Gasteiger partial charge >= 0.3 is 0 Å². The Labute approximate surface area is 183 Å². The van der Waals surface area contributed by atoms with E-state index in [1.807, 2.05) is 24.3 Å². The standard InChI is InChI=1S/C24H21N5O3/c30-11-20-19(31)10-21(32-20)29-13-27-22-23(25-12-26-24(22)29)28-18-9-14-5-1-2-6-15(14)16-7-3-4-8-17(16)18/h1-9,12-13,19-21,30-31H,10-11H2,(H,25,26,28)/t19-,20+,21+/m0/s1. The molecule has 3 heterocycles. The number of aromatic nitrogens is 4. The molecular weight excluding hydrogens is 406 g/mol. The highest BCUT2D eigenvalue weighted by Crippen LogP contribution is 2.35. The van der Waals surface area contributed by atoms with E-state index in [2.05, 4.69) is 50.6 Å². The first-order valence-corrected chi connectivity index (χ1v) is 10.5. The molecule has 3 atom stereocenters. The quantitative estimate of drug-likeness (QED) is 0.377. The lowest BCUT2D eigenvalue weighted by molar-refractivity contribution is -0.0432. The average Bonchev–Trinajstić information content (AvgIpc) is 3.43. The van der Waals surface area contributed by atoms with Crippen molar-refractivity contribution in [2.24, 2.45) is 0 Å². The zero-order valence-electron chi connectivity index (χ0n) is 17.1. The van der Waals surface area contributed by atoms with Crippen molar-refractivity contribution in [3.63, 3.8) is 0 Å². The van der Waals surface area contributed by atoms with Crippen molar-refractivity contribution in [1.82, 2.24) is 19.5 Å². The van der Waals surface area contributed by atoms with Gasteiger partial charge in [-0.25, -0.2) is 15.0 Å². The molecule has 8 nitrogen and oxygen atoms in total. The minimum atomic E-state index is -0.731. The summed E-state index contributed by atoms with van der Waals surface area (Å²) in [5.41, 5.74) is 2.14. The molecular formula is C24H21N5O3. The fraction of sp³-hybridized carbons (Fsp3) is 0.208. The second-order valence-electron chi connectivity index (χ2n) is 7.98. The Hall–Kier alpha value is -3.59. The van der Waals surface area contributed by atoms with Crippen molar-refractivity contribution < 1.29 is 14.9 Å². The molecule has 0 saturated carbocycles. The molecule has 6 rings (SSSR count). The van der Waals surface area contributed by atoms with Gasteiger partial charge in [0.15, 0.2) is 17.0 Å². The zero-order valence-corrected chi connectivity index (χ0v) is 17.1. The van der Waals surface area contributed by atoms with E-state index >= 15 is 0 Å². The molecule has 160 valence electrons. The van der Waals surface area contributed by atoms with Crippen molar-refractivity contribution >= 4 is 44.2 Å². The number of rotatable bonds is 4. The van der Waals surface area contributed by atoms with Crippen LogP contribution >= 0.6 is 0 Å². The van der Waals surface area contributed by atoms with Gasteiger partial charge in [-0.15, -0.1) is 0 Å². The summed E-state index contributed by atoms with van der Waals surface area (Å²) in [5, 5.41) is 27.5. The molecule has 3 N–H and O–H groups in total. The Morgan fingerprint density at radius 3 is 2.59 bits per heavy atom. The van der Waals surface area contributed by atoms with Gasteiger partial charge in [-0.3, -0.25) is 4.57 Å². The fourth-order valence-electron chi connectivity index (χ4n) is 4.49. The lowest BCUT2D eigenvalue weighted by atomic mass is 10.0. The Bertz CT molecular complexity index is 1450. The van der Waals surface area contributed by atoms with Gasteiger partial charge in [-0.2, -0.15) is 0 Å². The van der Waals surface area contributed by atoms with E-state index in [9.17, 15) is 10.2 Å². The summed E-state index contributed by atoms with van der Waals surface area (Å²) in [7, 11) is 0. The number of aliphatic hydroxyl groups is 2. The van der Waals surface area contributed by atoms with Gasteiger partial charge in [-0.05, 0) is 22.2 Å². The molecule has 2 aromatic heterocycles. The summed E-state index contributed by atoms with van der Waals surface area (Å²) in [4.78, 5) is 13.4. The summed E-state index contributed by atoms with van der Waals surface area (Å²) in [6, 6.07) is 18.7. The van der Waals surface area contributed by atoms with Crippen LogP contribution in [0.3, 0.4) is 0 Å². The predicted molar refractivity (Wildman–Crippen MR) is 122 cm³/mol. The minimum Gasteiger partial charge on any atom is -0.394 e. The monoisotopic (exact) mass is 427 g/mol. The fourth-order valence-corrected chi connectivity index (χ4v) is 4.49. The Morgan fingerprint density at radius 2 is 1.78 bits per heavy atom. The predicted octanol–water partition coefficient (Wildman–Crippen LogP) is 3.52. The van der Waals surface area contributed by atoms with Crippen LogP contribution in [0.5, 0.6) is 0 Å². The van der Waals surface area contributed by atoms with Crippen LogP contribution in [0.2, 0.25) is 0 Å². The van der Waals surface area contributed by atoms with E-state index < -0.39 is 18.4 Å². The highest BCUT2D eigenvalue weighted by molar-refractivity contribution is 6.13. The molecule has 0 amide bonds. The summed E-state index contributed by atoms with van der Waals surface area (Å²) in [6.07, 6.45) is 1.70. The maximum atomic E-state index is 10.1. The normalized spacial score (nSPS) is 21.0. The molecule has 0 aliphatic carbocycles. The minimum absolute atomic E-state index is 0.235. The van der Waals surface area contributed by atoms with Crippen LogP contribution in [0.25, 0.3) is 32.7 Å². The van der Waals surface area contributed by atoms with Crippen LogP contribution in [-0.4, -0.2) is 48.5 Å². The lowest BCUT2D eigenvalue weighted by Gasteiger charge is -2.14.